The molecule has 2 saturated carbocycles. The molecule has 32 heavy (non-hydrogen) atoms. The molecule has 3 aliphatic carbocycles. The van der Waals surface area contributed by atoms with Crippen LogP contribution in [0, 0.1) is 11.3 Å². The Labute approximate surface area is 188 Å². The van der Waals surface area contributed by atoms with Gasteiger partial charge >= 0.3 is 0 Å². The van der Waals surface area contributed by atoms with E-state index in [9.17, 15) is 5.11 Å². The maximum absolute atomic E-state index is 10.6. The van der Waals surface area contributed by atoms with Crippen LogP contribution in [0.3, 0.4) is 0 Å². The Morgan fingerprint density at radius 2 is 2.06 bits per heavy atom. The molecule has 4 heteroatoms. The number of hydrogen-bond donors (Lipinski definition) is 1. The van der Waals surface area contributed by atoms with Gasteiger partial charge in [-0.1, -0.05) is 31.2 Å². The largest absolute Gasteiger partial charge is 0.390 e. The first kappa shape index (κ1) is 18.4. The van der Waals surface area contributed by atoms with Crippen LogP contribution in [0.2, 0.25) is 0 Å². The van der Waals surface area contributed by atoms with Crippen molar-refractivity contribution in [1.82, 2.24) is 4.98 Å². The topological polar surface area (TPSA) is 54.9 Å². The van der Waals surface area contributed by atoms with Crippen molar-refractivity contribution in [3.05, 3.63) is 65.5 Å². The summed E-state index contributed by atoms with van der Waals surface area (Å²) in [6, 6.07) is 9.07. The lowest BCUT2D eigenvalue weighted by Crippen LogP contribution is -2.55. The number of aliphatic hydroxyl groups is 1. The van der Waals surface area contributed by atoms with Crippen molar-refractivity contribution in [2.24, 2.45) is 11.3 Å². The van der Waals surface area contributed by atoms with Gasteiger partial charge in [-0.15, -0.1) is 0 Å². The number of benzene rings is 1. The first-order valence-corrected chi connectivity index (χ1v) is 12.3. The fourth-order valence-corrected chi connectivity index (χ4v) is 8.55. The molecule has 4 nitrogen and oxygen atoms in total. The zero-order chi connectivity index (χ0) is 21.3. The number of ether oxygens (including phenoxy) is 2. The molecule has 8 atom stereocenters. The van der Waals surface area contributed by atoms with Gasteiger partial charge < -0.3 is 14.6 Å². The first-order chi connectivity index (χ1) is 15.5. The monoisotopic (exact) mass is 427 g/mol. The lowest BCUT2D eigenvalue weighted by molar-refractivity contribution is -0.141. The summed E-state index contributed by atoms with van der Waals surface area (Å²) in [5.41, 5.74) is 3.85. The Morgan fingerprint density at radius 1 is 1.12 bits per heavy atom. The smallest absolute Gasteiger partial charge is 0.114 e. The van der Waals surface area contributed by atoms with Gasteiger partial charge in [0.1, 0.15) is 12.2 Å². The number of fused-ring (bicyclic) bond motifs is 4. The first-order valence-electron chi connectivity index (χ1n) is 12.3. The summed E-state index contributed by atoms with van der Waals surface area (Å²) in [5.74, 6) is 1.04. The molecule has 2 bridgehead atoms. The number of rotatable bonds is 1. The van der Waals surface area contributed by atoms with Crippen LogP contribution in [0.5, 0.6) is 0 Å². The van der Waals surface area contributed by atoms with E-state index in [0.29, 0.717) is 18.3 Å². The van der Waals surface area contributed by atoms with Crippen molar-refractivity contribution in [3.63, 3.8) is 0 Å². The average Bonchev–Trinajstić information content (AvgIpc) is 3.44. The zero-order valence-corrected chi connectivity index (χ0v) is 18.5. The molecule has 4 fully saturated rings. The third-order valence-electron chi connectivity index (χ3n) is 10.1. The standard InChI is InChI=1S/C28H29NO3/c1-26-8-6-19-13-21-24-25(31-24)22(30)14-27(21)9-10-28(19,32-27)23(26)5-4-20(26)17-3-2-16-7-11-29-15-18(16)12-17/h2-3,6-7,11-13,15,20,22-25,30H,4-5,8-10,14H2,1H3/t20?,22-,23+,24+,25?,26+,27+,28?/m0/s1. The summed E-state index contributed by atoms with van der Waals surface area (Å²) in [5, 5.41) is 13.1. The molecule has 1 N–H and O–H groups in total. The number of aliphatic hydroxyl groups excluding tert-OH is 1. The predicted octanol–water partition coefficient (Wildman–Crippen LogP) is 4.82. The molecule has 0 radical (unpaired) electrons. The molecule has 2 saturated heterocycles. The van der Waals surface area contributed by atoms with Gasteiger partial charge in [0.25, 0.3) is 0 Å². The Hall–Kier alpha value is -2.01. The number of hydrogen-bond acceptors (Lipinski definition) is 4. The third-order valence-corrected chi connectivity index (χ3v) is 10.1. The molecule has 2 aromatic rings. The van der Waals surface area contributed by atoms with Crippen molar-refractivity contribution in [3.8, 4) is 0 Å². The van der Waals surface area contributed by atoms with E-state index in [-0.39, 0.29) is 28.8 Å². The summed E-state index contributed by atoms with van der Waals surface area (Å²) in [6.07, 6.45) is 14.7. The maximum atomic E-state index is 10.6. The molecule has 2 spiro atoms. The number of allylic oxidation sites excluding steroid dienone is 1. The van der Waals surface area contributed by atoms with Gasteiger partial charge in [-0.2, -0.15) is 0 Å². The summed E-state index contributed by atoms with van der Waals surface area (Å²) in [4.78, 5) is 4.35. The van der Waals surface area contributed by atoms with E-state index < -0.39 is 6.10 Å². The molecule has 3 unspecified atom stereocenters. The zero-order valence-electron chi connectivity index (χ0n) is 18.5. The molecular formula is C28H29NO3. The van der Waals surface area contributed by atoms with Gasteiger partial charge in [-0.05, 0) is 83.6 Å². The Morgan fingerprint density at radius 3 is 3.00 bits per heavy atom. The fourth-order valence-electron chi connectivity index (χ4n) is 8.55. The average molecular weight is 428 g/mol. The second-order valence-electron chi connectivity index (χ2n) is 11.4. The lowest BCUT2D eigenvalue weighted by atomic mass is 9.58. The molecule has 164 valence electrons. The van der Waals surface area contributed by atoms with Gasteiger partial charge in [-0.25, -0.2) is 0 Å². The molecule has 1 aromatic heterocycles. The fraction of sp³-hybridized carbons (Fsp3) is 0.536. The maximum Gasteiger partial charge on any atom is 0.114 e. The van der Waals surface area contributed by atoms with Crippen LogP contribution in [-0.2, 0) is 9.47 Å². The Bertz CT molecular complexity index is 1230. The van der Waals surface area contributed by atoms with Crippen molar-refractivity contribution >= 4 is 10.8 Å². The minimum atomic E-state index is -0.393. The third kappa shape index (κ3) is 2.08. The second kappa shape index (κ2) is 5.72. The predicted molar refractivity (Wildman–Crippen MR) is 121 cm³/mol. The molecule has 6 aliphatic rings. The van der Waals surface area contributed by atoms with Crippen molar-refractivity contribution in [1.29, 1.82) is 0 Å². The molecular weight excluding hydrogens is 398 g/mol. The lowest BCUT2D eigenvalue weighted by Gasteiger charge is -2.53. The molecule has 3 aliphatic heterocycles. The van der Waals surface area contributed by atoms with Gasteiger partial charge in [0, 0.05) is 24.2 Å². The van der Waals surface area contributed by atoms with E-state index in [0.717, 1.165) is 19.3 Å². The Balaban J connectivity index is 1.22. The van der Waals surface area contributed by atoms with Crippen LogP contribution in [-0.4, -0.2) is 39.6 Å². The van der Waals surface area contributed by atoms with Crippen LogP contribution in [0.1, 0.15) is 56.9 Å². The normalized spacial score (nSPS) is 47.8. The number of nitrogens with zero attached hydrogens (tertiary/aromatic N) is 1. The van der Waals surface area contributed by atoms with E-state index >= 15 is 0 Å². The minimum absolute atomic E-state index is 0.00344. The van der Waals surface area contributed by atoms with Gasteiger partial charge in [0.05, 0.1) is 17.3 Å². The van der Waals surface area contributed by atoms with Gasteiger partial charge in [-0.3, -0.25) is 4.98 Å². The molecule has 4 heterocycles. The van der Waals surface area contributed by atoms with Gasteiger partial charge in [0.2, 0.25) is 0 Å². The van der Waals surface area contributed by atoms with Crippen LogP contribution in [0.25, 0.3) is 10.8 Å². The highest BCUT2D eigenvalue weighted by Crippen LogP contribution is 2.70. The molecule has 8 rings (SSSR count). The highest BCUT2D eigenvalue weighted by molar-refractivity contribution is 5.82. The number of epoxide rings is 1. The van der Waals surface area contributed by atoms with Crippen LogP contribution in [0.4, 0.5) is 0 Å². The van der Waals surface area contributed by atoms with Crippen molar-refractivity contribution in [2.75, 3.05) is 0 Å². The van der Waals surface area contributed by atoms with E-state index in [1.165, 1.54) is 40.3 Å². The summed E-state index contributed by atoms with van der Waals surface area (Å²) in [6.45, 7) is 2.51. The highest BCUT2D eigenvalue weighted by Gasteiger charge is 2.70. The van der Waals surface area contributed by atoms with Crippen molar-refractivity contribution < 1.29 is 14.6 Å². The minimum Gasteiger partial charge on any atom is -0.390 e. The van der Waals surface area contributed by atoms with Crippen LogP contribution in [0.15, 0.2) is 60.0 Å². The van der Waals surface area contributed by atoms with Crippen LogP contribution < -0.4 is 0 Å². The van der Waals surface area contributed by atoms with E-state index in [1.807, 2.05) is 12.4 Å². The van der Waals surface area contributed by atoms with Crippen molar-refractivity contribution in [2.45, 2.75) is 80.9 Å². The molecule has 1 aromatic carbocycles. The summed E-state index contributed by atoms with van der Waals surface area (Å²) < 4.78 is 13.1. The van der Waals surface area contributed by atoms with Gasteiger partial charge in [0.15, 0.2) is 0 Å². The van der Waals surface area contributed by atoms with Crippen LogP contribution >= 0.6 is 0 Å². The summed E-state index contributed by atoms with van der Waals surface area (Å²) in [7, 11) is 0. The number of pyridine rings is 1. The Kier molecular flexibility index (Phi) is 3.30. The molecule has 0 amide bonds. The second-order valence-corrected chi connectivity index (χ2v) is 11.4. The highest BCUT2D eigenvalue weighted by atomic mass is 16.6. The van der Waals surface area contributed by atoms with E-state index in [1.54, 1.807) is 0 Å². The number of aromatic nitrogens is 1. The SMILES string of the molecule is C[C@]12CC=C3C=C4[C@H]5OC5[C@@H](O)C[C@]45CCC3(O5)[C@@H]1CCC2c1ccc2ccncc2c1. The van der Waals surface area contributed by atoms with E-state index in [4.69, 9.17) is 9.47 Å². The van der Waals surface area contributed by atoms with E-state index in [2.05, 4.69) is 48.3 Å². The summed E-state index contributed by atoms with van der Waals surface area (Å²) >= 11 is 0. The quantitative estimate of drug-likeness (QED) is 0.663.